The van der Waals surface area contributed by atoms with Gasteiger partial charge in [0.25, 0.3) is 0 Å². The summed E-state index contributed by atoms with van der Waals surface area (Å²) in [6, 6.07) is 20.9. The van der Waals surface area contributed by atoms with E-state index in [0.717, 1.165) is 27.4 Å². The number of carbonyl (C=O) groups excluding carboxylic acids is 1. The molecule has 0 bridgehead atoms. The van der Waals surface area contributed by atoms with Crippen molar-refractivity contribution in [3.05, 3.63) is 83.7 Å². The number of rotatable bonds is 3. The minimum absolute atomic E-state index is 0.259. The van der Waals surface area contributed by atoms with Crippen LogP contribution in [0.5, 0.6) is 0 Å². The molecule has 2 N–H and O–H groups in total. The van der Waals surface area contributed by atoms with Gasteiger partial charge >= 0.3 is 0 Å². The van der Waals surface area contributed by atoms with E-state index in [2.05, 4.69) is 10.6 Å². The Morgan fingerprint density at radius 1 is 1.04 bits per heavy atom. The summed E-state index contributed by atoms with van der Waals surface area (Å²) >= 11 is 0. The zero-order valence-corrected chi connectivity index (χ0v) is 12.8. The van der Waals surface area contributed by atoms with Gasteiger partial charge in [0.15, 0.2) is 0 Å². The maximum Gasteiger partial charge on any atom is 0.249 e. The van der Waals surface area contributed by atoms with Crippen LogP contribution in [-0.4, -0.2) is 10.5 Å². The number of primary amides is 1. The lowest BCUT2D eigenvalue weighted by atomic mass is 10.1. The van der Waals surface area contributed by atoms with Crippen LogP contribution in [0.2, 0.25) is 0 Å². The first kappa shape index (κ1) is 14.5. The minimum Gasteiger partial charge on any atom is -0.366 e. The number of halogens is 1. The van der Waals surface area contributed by atoms with Gasteiger partial charge in [-0.05, 0) is 42.0 Å². The highest BCUT2D eigenvalue weighted by Crippen LogP contribution is 2.31. The van der Waals surface area contributed by atoms with Crippen molar-refractivity contribution in [1.82, 2.24) is 4.57 Å². The molecule has 0 saturated carbocycles. The van der Waals surface area contributed by atoms with E-state index in [1.165, 1.54) is 12.1 Å². The summed E-state index contributed by atoms with van der Waals surface area (Å²) < 4.78 is 15.2. The van der Waals surface area contributed by atoms with E-state index in [1.54, 1.807) is 18.2 Å². The third-order valence-electron chi connectivity index (χ3n) is 4.23. The zero-order valence-electron chi connectivity index (χ0n) is 12.8. The Bertz CT molecular complexity index is 1060. The van der Waals surface area contributed by atoms with Crippen LogP contribution in [0.15, 0.2) is 60.7 Å². The van der Waals surface area contributed by atoms with E-state index < -0.39 is 5.91 Å². The van der Waals surface area contributed by atoms with E-state index in [4.69, 9.17) is 5.73 Å². The molecule has 3 nitrogen and oxygen atoms in total. The summed E-state index contributed by atoms with van der Waals surface area (Å²) in [6.07, 6.45) is 0. The minimum atomic E-state index is -0.460. The van der Waals surface area contributed by atoms with Crippen molar-refractivity contribution in [1.29, 1.82) is 0 Å². The molecule has 24 heavy (non-hydrogen) atoms. The Balaban J connectivity index is 2.01. The van der Waals surface area contributed by atoms with E-state index in [9.17, 15) is 9.18 Å². The Morgan fingerprint density at radius 3 is 2.54 bits per heavy atom. The van der Waals surface area contributed by atoms with Gasteiger partial charge in [-0.1, -0.05) is 30.3 Å². The fourth-order valence-electron chi connectivity index (χ4n) is 3.16. The van der Waals surface area contributed by atoms with Crippen LogP contribution in [0.25, 0.3) is 21.8 Å². The molecule has 1 aromatic heterocycles. The van der Waals surface area contributed by atoms with Crippen molar-refractivity contribution in [3.63, 3.8) is 0 Å². The molecule has 0 fully saturated rings. The van der Waals surface area contributed by atoms with Crippen LogP contribution in [-0.2, 0) is 6.54 Å². The summed E-state index contributed by atoms with van der Waals surface area (Å²) in [5, 5.41) is 1.67. The quantitative estimate of drug-likeness (QED) is 0.612. The first-order valence-electron chi connectivity index (χ1n) is 7.61. The number of amides is 1. The molecule has 0 spiro atoms. The highest BCUT2D eigenvalue weighted by atomic mass is 19.1. The molecule has 4 aromatic rings. The second-order valence-corrected chi connectivity index (χ2v) is 5.71. The number of nitrogens with two attached hydrogens (primary N) is 1. The van der Waals surface area contributed by atoms with E-state index in [0.29, 0.717) is 12.1 Å². The lowest BCUT2D eigenvalue weighted by Gasteiger charge is -2.08. The van der Waals surface area contributed by atoms with Gasteiger partial charge in [0.05, 0.1) is 11.0 Å². The number of fused-ring (bicyclic) bond motifs is 3. The average Bonchev–Trinajstić information content (AvgIpc) is 2.91. The topological polar surface area (TPSA) is 48.0 Å². The smallest absolute Gasteiger partial charge is 0.249 e. The maximum atomic E-state index is 13.2. The average molecular weight is 317 g/mol. The molecule has 1 radical (unpaired) electrons. The molecule has 0 aliphatic heterocycles. The second-order valence-electron chi connectivity index (χ2n) is 5.71. The van der Waals surface area contributed by atoms with Gasteiger partial charge in [-0.25, -0.2) is 4.39 Å². The van der Waals surface area contributed by atoms with Crippen molar-refractivity contribution in [2.45, 2.75) is 6.54 Å². The highest BCUT2D eigenvalue weighted by Gasteiger charge is 2.16. The summed E-state index contributed by atoms with van der Waals surface area (Å²) in [6.45, 7) is 0.570. The number of nitrogens with zero attached hydrogens (tertiary/aromatic N) is 1. The molecule has 0 aliphatic carbocycles. The molecule has 1 amide bonds. The van der Waals surface area contributed by atoms with Gasteiger partial charge < -0.3 is 10.3 Å². The molecule has 0 saturated heterocycles. The zero-order chi connectivity index (χ0) is 16.7. The van der Waals surface area contributed by atoms with Crippen molar-refractivity contribution in [2.24, 2.45) is 5.73 Å². The third-order valence-corrected chi connectivity index (χ3v) is 4.23. The summed E-state index contributed by atoms with van der Waals surface area (Å²) in [5.74, 6) is -0.719. The third kappa shape index (κ3) is 2.24. The predicted octanol–water partition coefficient (Wildman–Crippen LogP) is 3.88. The van der Waals surface area contributed by atoms with Gasteiger partial charge in [-0.2, -0.15) is 0 Å². The first-order chi connectivity index (χ1) is 11.6. The molecule has 0 aliphatic rings. The monoisotopic (exact) mass is 317 g/mol. The van der Waals surface area contributed by atoms with Gasteiger partial charge in [0.2, 0.25) is 5.91 Å². The summed E-state index contributed by atoms with van der Waals surface area (Å²) in [5.41, 5.74) is 8.88. The Morgan fingerprint density at radius 2 is 1.79 bits per heavy atom. The molecule has 1 heterocycles. The van der Waals surface area contributed by atoms with Gasteiger partial charge in [0, 0.05) is 22.9 Å². The fraction of sp³-hybridized carbons (Fsp3) is 0.0500. The molecular formula is C20H14FN2O. The second kappa shape index (κ2) is 5.49. The van der Waals surface area contributed by atoms with Gasteiger partial charge in [0.1, 0.15) is 5.82 Å². The highest BCUT2D eigenvalue weighted by molar-refractivity contribution is 6.17. The molecular weight excluding hydrogens is 303 g/mol. The van der Waals surface area contributed by atoms with Crippen LogP contribution >= 0.6 is 0 Å². The number of hydrogen-bond acceptors (Lipinski definition) is 1. The standard InChI is InChI=1S/C20H14FN2O/c21-14-10-8-13(9-11-14)12-23-17-6-2-1-4-15(17)19-16(20(22)24)5-3-7-18(19)23/h1-3,5-11H,12H2,(H2,22,24). The lowest BCUT2D eigenvalue weighted by Crippen LogP contribution is -2.11. The maximum absolute atomic E-state index is 13.2. The normalized spacial score (nSPS) is 11.2. The molecule has 4 rings (SSSR count). The van der Waals surface area contributed by atoms with Crippen molar-refractivity contribution < 1.29 is 9.18 Å². The van der Waals surface area contributed by atoms with Crippen molar-refractivity contribution in [2.75, 3.05) is 0 Å². The molecule has 3 aromatic carbocycles. The van der Waals surface area contributed by atoms with Crippen LogP contribution in [0, 0.1) is 11.9 Å². The molecule has 0 atom stereocenters. The summed E-state index contributed by atoms with van der Waals surface area (Å²) in [7, 11) is 0. The van der Waals surface area contributed by atoms with E-state index >= 15 is 0 Å². The number of carbonyl (C=O) groups is 1. The summed E-state index contributed by atoms with van der Waals surface area (Å²) in [4.78, 5) is 11.8. The van der Waals surface area contributed by atoms with Crippen LogP contribution in [0.1, 0.15) is 15.9 Å². The molecule has 117 valence electrons. The number of aromatic nitrogens is 1. The van der Waals surface area contributed by atoms with Crippen LogP contribution < -0.4 is 5.73 Å². The Hall–Kier alpha value is -3.14. The van der Waals surface area contributed by atoms with Crippen LogP contribution in [0.4, 0.5) is 4.39 Å². The molecule has 4 heteroatoms. The van der Waals surface area contributed by atoms with Gasteiger partial charge in [-0.3, -0.25) is 4.79 Å². The lowest BCUT2D eigenvalue weighted by molar-refractivity contribution is 0.100. The van der Waals surface area contributed by atoms with Crippen molar-refractivity contribution >= 4 is 27.7 Å². The predicted molar refractivity (Wildman–Crippen MR) is 92.3 cm³/mol. The molecule has 0 unspecified atom stereocenters. The van der Waals surface area contributed by atoms with Crippen molar-refractivity contribution in [3.8, 4) is 0 Å². The van der Waals surface area contributed by atoms with E-state index in [-0.39, 0.29) is 5.82 Å². The SMILES string of the molecule is NC(=O)c1cccc2c1c1[c]cccc1n2Cc1ccc(F)cc1. The Labute approximate surface area is 138 Å². The van der Waals surface area contributed by atoms with E-state index in [1.807, 2.05) is 30.3 Å². The Kier molecular flexibility index (Phi) is 3.31. The first-order valence-corrected chi connectivity index (χ1v) is 7.61. The van der Waals surface area contributed by atoms with Gasteiger partial charge in [-0.15, -0.1) is 0 Å². The fourth-order valence-corrected chi connectivity index (χ4v) is 3.16. The van der Waals surface area contributed by atoms with Crippen LogP contribution in [0.3, 0.4) is 0 Å². The number of hydrogen-bond donors (Lipinski definition) is 1. The largest absolute Gasteiger partial charge is 0.366 e. The number of benzene rings is 3.